The van der Waals surface area contributed by atoms with Gasteiger partial charge in [-0.25, -0.2) is 4.39 Å². The first-order chi connectivity index (χ1) is 17.5. The Bertz CT molecular complexity index is 1300. The molecule has 2 saturated heterocycles. The van der Waals surface area contributed by atoms with Crippen molar-refractivity contribution in [3.8, 4) is 10.7 Å². The Morgan fingerprint density at radius 2 is 2.14 bits per heavy atom. The van der Waals surface area contributed by atoms with E-state index in [1.807, 2.05) is 13.8 Å². The topological polar surface area (TPSA) is 104 Å². The van der Waals surface area contributed by atoms with Crippen LogP contribution in [0.5, 0.6) is 0 Å². The predicted molar refractivity (Wildman–Crippen MR) is 132 cm³/mol. The lowest BCUT2D eigenvalue weighted by atomic mass is 10.0. The molecule has 200 valence electrons. The van der Waals surface area contributed by atoms with E-state index in [1.54, 1.807) is 18.2 Å². The monoisotopic (exact) mass is 559 g/mol. The second kappa shape index (κ2) is 10.0. The fraction of sp³-hybridized carbons (Fsp3) is 0.522. The summed E-state index contributed by atoms with van der Waals surface area (Å²) in [5.41, 5.74) is -4.05. The second-order valence-electron chi connectivity index (χ2n) is 9.41. The van der Waals surface area contributed by atoms with Gasteiger partial charge in [0.2, 0.25) is 11.7 Å². The molecule has 37 heavy (non-hydrogen) atoms. The second-order valence-corrected chi connectivity index (χ2v) is 11.5. The van der Waals surface area contributed by atoms with Crippen molar-refractivity contribution in [1.29, 1.82) is 0 Å². The molecule has 4 atom stereocenters. The summed E-state index contributed by atoms with van der Waals surface area (Å²) in [6, 6.07) is 3.74. The highest BCUT2D eigenvalue weighted by Gasteiger charge is 2.38. The Balaban J connectivity index is 1.50. The number of nitrogens with one attached hydrogen (secondary N) is 2. The Kier molecular flexibility index (Phi) is 7.11. The lowest BCUT2D eigenvalue weighted by Gasteiger charge is -2.37. The van der Waals surface area contributed by atoms with Gasteiger partial charge in [0.15, 0.2) is 0 Å². The average molecular weight is 560 g/mol. The molecule has 3 aromatic rings. The van der Waals surface area contributed by atoms with E-state index in [4.69, 9.17) is 4.52 Å². The van der Waals surface area contributed by atoms with Crippen LogP contribution in [-0.2, 0) is 4.79 Å². The standard InChI is InChI=1S/C23H25F4N5O3S2/c1-10(2)32-7-6-13(12(24)9-32)28-14-5-3-4-11-18(14)36-20(19(11)37-23(25,26)27)21-30-22(35-31-21)17-15(33)8-16(34)29-17/h3-5,10,12-13,15,17,28,33H,6-9H2,1-2H3,(H,29,34)/t12-,13+,15+,17+/m0/s1. The van der Waals surface area contributed by atoms with E-state index in [0.29, 0.717) is 28.7 Å². The van der Waals surface area contributed by atoms with Crippen LogP contribution in [-0.4, -0.2) is 69.0 Å². The molecule has 3 N–H and O–H groups in total. The largest absolute Gasteiger partial charge is 0.446 e. The van der Waals surface area contributed by atoms with E-state index in [1.165, 1.54) is 0 Å². The summed E-state index contributed by atoms with van der Waals surface area (Å²) < 4.78 is 61.4. The number of benzene rings is 1. The van der Waals surface area contributed by atoms with Gasteiger partial charge in [-0.05, 0) is 38.1 Å². The summed E-state index contributed by atoms with van der Waals surface area (Å²) in [5, 5.41) is 20.0. The Morgan fingerprint density at radius 3 is 2.78 bits per heavy atom. The predicted octanol–water partition coefficient (Wildman–Crippen LogP) is 4.72. The molecule has 0 unspecified atom stereocenters. The van der Waals surface area contributed by atoms with Crippen LogP contribution in [0.2, 0.25) is 0 Å². The number of rotatable bonds is 6. The third kappa shape index (κ3) is 5.42. The molecule has 1 amide bonds. The number of aliphatic hydroxyl groups is 1. The summed E-state index contributed by atoms with van der Waals surface area (Å²) in [5.74, 6) is -0.575. The molecule has 14 heteroatoms. The number of aliphatic hydroxyl groups excluding tert-OH is 1. The van der Waals surface area contributed by atoms with Crippen molar-refractivity contribution < 1.29 is 32.0 Å². The fourth-order valence-corrected chi connectivity index (χ4v) is 6.76. The number of alkyl halides is 4. The number of amides is 1. The van der Waals surface area contributed by atoms with Gasteiger partial charge in [-0.1, -0.05) is 17.3 Å². The molecule has 5 rings (SSSR count). The molecule has 2 fully saturated rings. The summed E-state index contributed by atoms with van der Waals surface area (Å²) in [6.45, 7) is 5.02. The Labute approximate surface area is 217 Å². The molecule has 0 aliphatic carbocycles. The molecule has 1 aromatic carbocycles. The van der Waals surface area contributed by atoms with Crippen molar-refractivity contribution in [3.05, 3.63) is 24.1 Å². The van der Waals surface area contributed by atoms with Crippen LogP contribution in [0, 0.1) is 0 Å². The number of carbonyl (C=O) groups is 1. The van der Waals surface area contributed by atoms with Gasteiger partial charge < -0.3 is 20.3 Å². The third-order valence-corrected chi connectivity index (χ3v) is 8.76. The SMILES string of the molecule is CC(C)N1CC[C@@H](Nc2cccc3c(SC(F)(F)F)c(-c4noc([C@@H]5NC(=O)C[C@H]5O)n4)sc23)[C@@H](F)C1. The molecule has 0 spiro atoms. The number of aromatic nitrogens is 2. The Morgan fingerprint density at radius 1 is 1.35 bits per heavy atom. The molecule has 0 radical (unpaired) electrons. The van der Waals surface area contributed by atoms with Crippen LogP contribution in [0.25, 0.3) is 20.8 Å². The maximum atomic E-state index is 15.0. The Hall–Kier alpha value is -2.42. The lowest BCUT2D eigenvalue weighted by molar-refractivity contribution is -0.119. The van der Waals surface area contributed by atoms with Gasteiger partial charge in [-0.3, -0.25) is 9.69 Å². The van der Waals surface area contributed by atoms with Crippen molar-refractivity contribution in [2.24, 2.45) is 0 Å². The summed E-state index contributed by atoms with van der Waals surface area (Å²) in [4.78, 5) is 17.9. The van der Waals surface area contributed by atoms with E-state index >= 15 is 0 Å². The molecule has 4 heterocycles. The highest BCUT2D eigenvalue weighted by Crippen LogP contribution is 2.51. The van der Waals surface area contributed by atoms with Crippen LogP contribution in [0.15, 0.2) is 27.6 Å². The van der Waals surface area contributed by atoms with Crippen molar-refractivity contribution in [1.82, 2.24) is 20.4 Å². The number of halogens is 4. The minimum atomic E-state index is -4.58. The number of hydrogen-bond acceptors (Lipinski definition) is 9. The highest BCUT2D eigenvalue weighted by molar-refractivity contribution is 8.00. The van der Waals surface area contributed by atoms with Crippen LogP contribution >= 0.6 is 23.1 Å². The number of likely N-dealkylation sites (tertiary alicyclic amines) is 1. The summed E-state index contributed by atoms with van der Waals surface area (Å²) >= 11 is 0.766. The van der Waals surface area contributed by atoms with Gasteiger partial charge >= 0.3 is 5.51 Å². The molecular weight excluding hydrogens is 534 g/mol. The molecule has 2 aliphatic rings. The van der Waals surface area contributed by atoms with E-state index in [-0.39, 0.29) is 52.3 Å². The minimum Gasteiger partial charge on any atom is -0.390 e. The number of anilines is 1. The van der Waals surface area contributed by atoms with Crippen molar-refractivity contribution in [2.45, 2.75) is 67.5 Å². The summed E-state index contributed by atoms with van der Waals surface area (Å²) in [6.07, 6.45) is -1.80. The number of thiophene rings is 1. The lowest BCUT2D eigenvalue weighted by Crippen LogP contribution is -2.50. The third-order valence-electron chi connectivity index (χ3n) is 6.54. The minimum absolute atomic E-state index is 0.0872. The van der Waals surface area contributed by atoms with Crippen molar-refractivity contribution >= 4 is 44.8 Å². The first-order valence-corrected chi connectivity index (χ1v) is 13.4. The van der Waals surface area contributed by atoms with E-state index in [2.05, 4.69) is 25.7 Å². The normalized spacial score (nSPS) is 25.2. The number of carbonyl (C=O) groups excluding carboxylic acids is 1. The highest BCUT2D eigenvalue weighted by atomic mass is 32.2. The number of nitrogens with zero attached hydrogens (tertiary/aromatic N) is 3. The number of piperidine rings is 1. The first-order valence-electron chi connectivity index (χ1n) is 11.8. The number of hydrogen-bond donors (Lipinski definition) is 3. The van der Waals surface area contributed by atoms with Crippen LogP contribution in [0.3, 0.4) is 0 Å². The van der Waals surface area contributed by atoms with Crippen molar-refractivity contribution in [2.75, 3.05) is 18.4 Å². The average Bonchev–Trinajstić information content (AvgIpc) is 3.51. The zero-order valence-corrected chi connectivity index (χ0v) is 21.5. The van der Waals surface area contributed by atoms with Gasteiger partial charge in [0, 0.05) is 29.4 Å². The van der Waals surface area contributed by atoms with Gasteiger partial charge in [0.25, 0.3) is 5.89 Å². The van der Waals surface area contributed by atoms with E-state index < -0.39 is 35.8 Å². The smallest absolute Gasteiger partial charge is 0.390 e. The van der Waals surface area contributed by atoms with Crippen LogP contribution in [0.1, 0.15) is 38.6 Å². The first kappa shape index (κ1) is 26.2. The quantitative estimate of drug-likeness (QED) is 0.295. The van der Waals surface area contributed by atoms with E-state index in [9.17, 15) is 27.5 Å². The zero-order valence-electron chi connectivity index (χ0n) is 19.9. The molecule has 2 aromatic heterocycles. The van der Waals surface area contributed by atoms with Crippen LogP contribution < -0.4 is 10.6 Å². The maximum Gasteiger partial charge on any atom is 0.446 e. The van der Waals surface area contributed by atoms with Gasteiger partial charge in [-0.2, -0.15) is 18.2 Å². The van der Waals surface area contributed by atoms with E-state index in [0.717, 1.165) is 11.3 Å². The van der Waals surface area contributed by atoms with Crippen LogP contribution in [0.4, 0.5) is 23.2 Å². The van der Waals surface area contributed by atoms with Gasteiger partial charge in [0.1, 0.15) is 12.2 Å². The number of fused-ring (bicyclic) bond motifs is 1. The van der Waals surface area contributed by atoms with Gasteiger partial charge in [0.05, 0.1) is 33.8 Å². The van der Waals surface area contributed by atoms with Crippen molar-refractivity contribution in [3.63, 3.8) is 0 Å². The molecule has 0 saturated carbocycles. The summed E-state index contributed by atoms with van der Waals surface area (Å²) in [7, 11) is 0. The molecule has 2 aliphatic heterocycles. The molecular formula is C23H25F4N5O3S2. The maximum absolute atomic E-state index is 15.0. The fourth-order valence-electron chi connectivity index (χ4n) is 4.65. The molecule has 8 nitrogen and oxygen atoms in total. The zero-order chi connectivity index (χ0) is 26.5. The molecule has 0 bridgehead atoms. The number of thioether (sulfide) groups is 1. The van der Waals surface area contributed by atoms with Gasteiger partial charge in [-0.15, -0.1) is 11.3 Å².